The molecule has 0 aliphatic carbocycles. The molecular formula is C19H21N5O5S. The Balaban J connectivity index is 1.31. The molecule has 0 saturated carbocycles. The Labute approximate surface area is 172 Å². The molecule has 10 nitrogen and oxygen atoms in total. The molecule has 0 radical (unpaired) electrons. The lowest BCUT2D eigenvalue weighted by atomic mass is 10.1. The molecule has 1 N–H and O–H groups in total. The van der Waals surface area contributed by atoms with Gasteiger partial charge >= 0.3 is 5.76 Å². The molecular weight excluding hydrogens is 410 g/mol. The Bertz CT molecular complexity index is 1280. The number of hydrogen-bond donors (Lipinski definition) is 1. The van der Waals surface area contributed by atoms with Crippen molar-refractivity contribution in [2.75, 3.05) is 26.2 Å². The molecule has 0 bridgehead atoms. The number of aryl methyl sites for hydroxylation is 1. The Morgan fingerprint density at radius 3 is 2.70 bits per heavy atom. The fourth-order valence-corrected chi connectivity index (χ4v) is 5.59. The summed E-state index contributed by atoms with van der Waals surface area (Å²) in [6.07, 6.45) is 4.59. The van der Waals surface area contributed by atoms with Crippen molar-refractivity contribution in [2.24, 2.45) is 0 Å². The first kappa shape index (κ1) is 19.1. The van der Waals surface area contributed by atoms with Gasteiger partial charge in [-0.25, -0.2) is 13.2 Å². The predicted molar refractivity (Wildman–Crippen MR) is 107 cm³/mol. The van der Waals surface area contributed by atoms with Crippen LogP contribution in [-0.2, 0) is 23.0 Å². The first-order chi connectivity index (χ1) is 14.4. The lowest BCUT2D eigenvalue weighted by Crippen LogP contribution is -2.50. The fraction of sp³-hybridized carbons (Fsp3) is 0.421. The van der Waals surface area contributed by atoms with Gasteiger partial charge in [0.1, 0.15) is 0 Å². The van der Waals surface area contributed by atoms with Crippen molar-refractivity contribution >= 4 is 27.0 Å². The number of nitrogens with zero attached hydrogens (tertiary/aromatic N) is 4. The van der Waals surface area contributed by atoms with Crippen molar-refractivity contribution in [3.8, 4) is 0 Å². The van der Waals surface area contributed by atoms with E-state index in [0.717, 1.165) is 31.5 Å². The number of hydrogen-bond acceptors (Lipinski definition) is 6. The zero-order valence-electron chi connectivity index (χ0n) is 16.2. The Kier molecular flexibility index (Phi) is 4.51. The molecule has 1 fully saturated rings. The summed E-state index contributed by atoms with van der Waals surface area (Å²) in [4.78, 5) is 28.5. The van der Waals surface area contributed by atoms with E-state index in [9.17, 15) is 18.0 Å². The van der Waals surface area contributed by atoms with Crippen LogP contribution in [-0.4, -0.2) is 64.5 Å². The van der Waals surface area contributed by atoms with Crippen LogP contribution >= 0.6 is 0 Å². The smallest absolute Gasteiger partial charge is 0.408 e. The average Bonchev–Trinajstić information content (AvgIpc) is 3.35. The molecule has 2 aliphatic rings. The fourth-order valence-electron chi connectivity index (χ4n) is 4.14. The van der Waals surface area contributed by atoms with Crippen molar-refractivity contribution in [3.63, 3.8) is 0 Å². The second kappa shape index (κ2) is 7.10. The third kappa shape index (κ3) is 3.14. The monoisotopic (exact) mass is 431 g/mol. The van der Waals surface area contributed by atoms with Crippen molar-refractivity contribution in [1.82, 2.24) is 24.0 Å². The topological polar surface area (TPSA) is 122 Å². The molecule has 2 aliphatic heterocycles. The van der Waals surface area contributed by atoms with Crippen molar-refractivity contribution in [2.45, 2.75) is 30.7 Å². The molecule has 5 rings (SSSR count). The average molecular weight is 431 g/mol. The number of H-pyrrole nitrogens is 1. The number of piperazine rings is 1. The van der Waals surface area contributed by atoms with Gasteiger partial charge in [-0.05, 0) is 37.5 Å². The third-order valence-electron chi connectivity index (χ3n) is 5.77. The van der Waals surface area contributed by atoms with Crippen molar-refractivity contribution in [3.05, 3.63) is 46.2 Å². The highest BCUT2D eigenvalue weighted by molar-refractivity contribution is 7.89. The van der Waals surface area contributed by atoms with Crippen LogP contribution in [0.1, 0.15) is 28.9 Å². The second-order valence-corrected chi connectivity index (χ2v) is 9.49. The van der Waals surface area contributed by atoms with Crippen LogP contribution < -0.4 is 5.76 Å². The van der Waals surface area contributed by atoms with E-state index in [-0.39, 0.29) is 23.9 Å². The summed E-state index contributed by atoms with van der Waals surface area (Å²) in [6.45, 7) is 1.87. The highest BCUT2D eigenvalue weighted by atomic mass is 32.2. The molecule has 0 atom stereocenters. The van der Waals surface area contributed by atoms with Gasteiger partial charge in [0.15, 0.2) is 5.58 Å². The largest absolute Gasteiger partial charge is 0.417 e. The van der Waals surface area contributed by atoms with E-state index in [0.29, 0.717) is 29.8 Å². The lowest BCUT2D eigenvalue weighted by Gasteiger charge is -2.34. The van der Waals surface area contributed by atoms with Gasteiger partial charge in [-0.2, -0.15) is 9.40 Å². The van der Waals surface area contributed by atoms with Gasteiger partial charge in [-0.1, -0.05) is 0 Å². The lowest BCUT2D eigenvalue weighted by molar-refractivity contribution is 0.0696. The van der Waals surface area contributed by atoms with Gasteiger partial charge in [-0.15, -0.1) is 0 Å². The highest BCUT2D eigenvalue weighted by Crippen LogP contribution is 2.23. The number of amides is 1. The minimum absolute atomic E-state index is 0.0810. The number of sulfonamides is 1. The van der Waals surface area contributed by atoms with Crippen LogP contribution in [0, 0.1) is 0 Å². The zero-order valence-corrected chi connectivity index (χ0v) is 17.0. The van der Waals surface area contributed by atoms with Crippen LogP contribution in [0.15, 0.2) is 38.5 Å². The van der Waals surface area contributed by atoms with Crippen LogP contribution in [0.2, 0.25) is 0 Å². The van der Waals surface area contributed by atoms with Gasteiger partial charge < -0.3 is 9.32 Å². The van der Waals surface area contributed by atoms with Gasteiger partial charge in [-0.3, -0.25) is 14.5 Å². The van der Waals surface area contributed by atoms with E-state index in [2.05, 4.69) is 10.1 Å². The maximum atomic E-state index is 13.0. The molecule has 11 heteroatoms. The SMILES string of the molecule is O=C(c1cnn2c1CCCC2)N1CCN(S(=O)(=O)c2ccc3oc(=O)[nH]c3c2)CC1. The molecule has 158 valence electrons. The normalized spacial score (nSPS) is 17.9. The molecule has 0 unspecified atom stereocenters. The summed E-state index contributed by atoms with van der Waals surface area (Å²) in [5.74, 6) is -0.721. The molecule has 4 heterocycles. The standard InChI is InChI=1S/C19H21N5O5S/c25-18(14-12-20-24-6-2-1-3-16(14)24)22-7-9-23(10-8-22)30(27,28)13-4-5-17-15(11-13)21-19(26)29-17/h4-5,11-12H,1-3,6-10H2,(H,21,26). The first-order valence-electron chi connectivity index (χ1n) is 9.90. The summed E-state index contributed by atoms with van der Waals surface area (Å²) in [6, 6.07) is 4.28. The number of carbonyl (C=O) groups is 1. The molecule has 0 spiro atoms. The molecule has 30 heavy (non-hydrogen) atoms. The van der Waals surface area contributed by atoms with Crippen LogP contribution in [0.3, 0.4) is 0 Å². The number of carbonyl (C=O) groups excluding carboxylic acids is 1. The quantitative estimate of drug-likeness (QED) is 0.655. The van der Waals surface area contributed by atoms with Crippen molar-refractivity contribution in [1.29, 1.82) is 0 Å². The number of nitrogens with one attached hydrogen (secondary N) is 1. The van der Waals surface area contributed by atoms with Crippen LogP contribution in [0.5, 0.6) is 0 Å². The molecule has 1 saturated heterocycles. The molecule has 1 amide bonds. The number of oxazole rings is 1. The summed E-state index contributed by atoms with van der Waals surface area (Å²) < 4.78 is 34.2. The van der Waals surface area contributed by atoms with E-state index >= 15 is 0 Å². The number of aromatic amines is 1. The number of fused-ring (bicyclic) bond motifs is 2. The number of rotatable bonds is 3. The Morgan fingerprint density at radius 1 is 1.10 bits per heavy atom. The maximum Gasteiger partial charge on any atom is 0.417 e. The number of aromatic nitrogens is 3. The summed E-state index contributed by atoms with van der Waals surface area (Å²) in [5, 5.41) is 4.32. The van der Waals surface area contributed by atoms with Gasteiger partial charge in [0.2, 0.25) is 10.0 Å². The molecule has 3 aromatic rings. The summed E-state index contributed by atoms with van der Waals surface area (Å²) >= 11 is 0. The van der Waals surface area contributed by atoms with E-state index in [4.69, 9.17) is 4.42 Å². The Hall–Kier alpha value is -2.92. The van der Waals surface area contributed by atoms with E-state index < -0.39 is 15.8 Å². The number of benzene rings is 1. The zero-order chi connectivity index (χ0) is 20.9. The Morgan fingerprint density at radius 2 is 1.90 bits per heavy atom. The summed E-state index contributed by atoms with van der Waals surface area (Å²) in [5.41, 5.74) is 2.24. The van der Waals surface area contributed by atoms with E-state index in [1.54, 1.807) is 11.1 Å². The van der Waals surface area contributed by atoms with Gasteiger partial charge in [0.05, 0.1) is 27.9 Å². The minimum Gasteiger partial charge on any atom is -0.408 e. The van der Waals surface area contributed by atoms with E-state index in [1.165, 1.54) is 22.5 Å². The van der Waals surface area contributed by atoms with Crippen LogP contribution in [0.4, 0.5) is 0 Å². The molecule has 1 aromatic carbocycles. The van der Waals surface area contributed by atoms with Gasteiger partial charge in [0.25, 0.3) is 5.91 Å². The van der Waals surface area contributed by atoms with Crippen LogP contribution in [0.25, 0.3) is 11.1 Å². The molecule has 2 aromatic heterocycles. The minimum atomic E-state index is -3.75. The van der Waals surface area contributed by atoms with E-state index in [1.807, 2.05) is 4.68 Å². The van der Waals surface area contributed by atoms with Gasteiger partial charge in [0, 0.05) is 32.7 Å². The highest BCUT2D eigenvalue weighted by Gasteiger charge is 2.32. The second-order valence-electron chi connectivity index (χ2n) is 7.55. The first-order valence-corrected chi connectivity index (χ1v) is 11.3. The third-order valence-corrected chi connectivity index (χ3v) is 7.66. The predicted octanol–water partition coefficient (Wildman–Crippen LogP) is 0.801. The summed E-state index contributed by atoms with van der Waals surface area (Å²) in [7, 11) is -3.75. The maximum absolute atomic E-state index is 13.0. The van der Waals surface area contributed by atoms with Crippen molar-refractivity contribution < 1.29 is 17.6 Å².